The van der Waals surface area contributed by atoms with Crippen molar-refractivity contribution in [3.8, 4) is 11.5 Å². The number of fused-ring (bicyclic) bond motifs is 1. The molecule has 0 aromatic heterocycles. The minimum absolute atomic E-state index is 0.0443. The molecule has 0 spiro atoms. The van der Waals surface area contributed by atoms with Gasteiger partial charge in [-0.1, -0.05) is 64.4 Å². The number of benzene rings is 2. The third-order valence-electron chi connectivity index (χ3n) is 8.57. The number of nitrogens with zero attached hydrogens (tertiary/aromatic N) is 2. The van der Waals surface area contributed by atoms with Gasteiger partial charge in [-0.25, -0.2) is 8.42 Å². The third-order valence-corrected chi connectivity index (χ3v) is 10.6. The maximum atomic E-state index is 14.1. The van der Waals surface area contributed by atoms with Gasteiger partial charge in [-0.2, -0.15) is 5.21 Å². The van der Waals surface area contributed by atoms with Crippen LogP contribution in [0.2, 0.25) is 0 Å². The quantitative estimate of drug-likeness (QED) is 0.195. The largest absolute Gasteiger partial charge is 0.486 e. The highest BCUT2D eigenvalue weighted by molar-refractivity contribution is 7.91. The second kappa shape index (κ2) is 15.4. The number of carbonyl (C=O) groups excluding carboxylic acids is 2. The highest BCUT2D eigenvalue weighted by Crippen LogP contribution is 2.33. The molecule has 2 aromatic rings. The Balaban J connectivity index is 1.67. The van der Waals surface area contributed by atoms with E-state index in [1.54, 1.807) is 13.0 Å². The molecule has 0 saturated carbocycles. The Labute approximate surface area is 267 Å². The summed E-state index contributed by atoms with van der Waals surface area (Å²) in [5.41, 5.74) is 3.75. The molecule has 1 saturated heterocycles. The van der Waals surface area contributed by atoms with Gasteiger partial charge in [-0.3, -0.25) is 9.59 Å². The topological polar surface area (TPSA) is 134 Å². The number of hydroxylamine groups is 1. The number of quaternary nitrogens is 1. The SMILES string of the molecule is CCC(Cc1ccccc1)N(C(=O)C[C@@H](C)CC)[N+](O)(C[C@@H](C)CS(=O)(=O)c1ccc2c(c1)OCCO2)NC(=O)C1CCCN1. The van der Waals surface area contributed by atoms with Crippen LogP contribution in [-0.2, 0) is 25.8 Å². The third kappa shape index (κ3) is 8.96. The Morgan fingerprint density at radius 2 is 1.76 bits per heavy atom. The maximum Gasteiger partial charge on any atom is 0.287 e. The summed E-state index contributed by atoms with van der Waals surface area (Å²) in [7, 11) is -3.84. The molecule has 2 aromatic carbocycles. The van der Waals surface area contributed by atoms with Crippen molar-refractivity contribution in [2.75, 3.05) is 32.1 Å². The van der Waals surface area contributed by atoms with Crippen LogP contribution in [0.15, 0.2) is 53.4 Å². The zero-order valence-corrected chi connectivity index (χ0v) is 27.7. The summed E-state index contributed by atoms with van der Waals surface area (Å²) in [6.07, 6.45) is 3.30. The first-order valence-electron chi connectivity index (χ1n) is 16.1. The zero-order chi connectivity index (χ0) is 32.6. The van der Waals surface area contributed by atoms with E-state index in [1.807, 2.05) is 51.1 Å². The molecule has 3 unspecified atom stereocenters. The summed E-state index contributed by atoms with van der Waals surface area (Å²) in [5, 5.41) is 17.0. The fourth-order valence-corrected chi connectivity index (χ4v) is 7.62. The molecule has 0 bridgehead atoms. The van der Waals surface area contributed by atoms with E-state index in [0.29, 0.717) is 50.5 Å². The van der Waals surface area contributed by atoms with Gasteiger partial charge in [0.15, 0.2) is 27.9 Å². The number of nitrogens with one attached hydrogen (secondary N) is 2. The lowest BCUT2D eigenvalue weighted by atomic mass is 10.0. The van der Waals surface area contributed by atoms with Gasteiger partial charge in [0.1, 0.15) is 13.2 Å². The van der Waals surface area contributed by atoms with Crippen LogP contribution in [0, 0.1) is 11.8 Å². The van der Waals surface area contributed by atoms with Crippen LogP contribution in [0.3, 0.4) is 0 Å². The lowest BCUT2D eigenvalue weighted by Crippen LogP contribution is -2.73. The molecule has 2 aliphatic rings. The minimum atomic E-state index is -3.84. The lowest BCUT2D eigenvalue weighted by Gasteiger charge is -2.43. The number of carbonyl (C=O) groups is 2. The first kappa shape index (κ1) is 34.7. The molecule has 3 N–H and O–H groups in total. The van der Waals surface area contributed by atoms with E-state index >= 15 is 0 Å². The molecule has 2 amide bonds. The van der Waals surface area contributed by atoms with Crippen molar-refractivity contribution in [2.24, 2.45) is 11.8 Å². The van der Waals surface area contributed by atoms with Gasteiger partial charge < -0.3 is 14.8 Å². The van der Waals surface area contributed by atoms with Crippen LogP contribution in [0.25, 0.3) is 0 Å². The standard InChI is InChI=1S/C33H48N4O7S/c1-5-24(3)19-32(38)36(27(6-2)20-26-11-8-7-9-12-26)37(40,35-33(39)29-13-10-16-34-29)22-25(4)23-45(41,42)28-14-15-30-31(21-28)44-18-17-43-30/h7-9,11-12,14-15,21,24-25,27,29,34,40H,5-6,10,13,16-20,22-23H2,1-4H3/p+1/t24-,25+,27?,29?,37?/m0/s1. The number of amides is 2. The fourth-order valence-electron chi connectivity index (χ4n) is 6.01. The molecule has 5 atom stereocenters. The minimum Gasteiger partial charge on any atom is -0.486 e. The van der Waals surface area contributed by atoms with Crippen LogP contribution >= 0.6 is 0 Å². The second-order valence-electron chi connectivity index (χ2n) is 12.4. The molecule has 11 nitrogen and oxygen atoms in total. The summed E-state index contributed by atoms with van der Waals surface area (Å²) in [6, 6.07) is 13.2. The van der Waals surface area contributed by atoms with E-state index in [1.165, 1.54) is 17.1 Å². The Kier molecular flexibility index (Phi) is 11.9. The fraction of sp³-hybridized carbons (Fsp3) is 0.576. The molecule has 2 aliphatic heterocycles. The smallest absolute Gasteiger partial charge is 0.287 e. The lowest BCUT2D eigenvalue weighted by molar-refractivity contribution is -1.21. The van der Waals surface area contributed by atoms with E-state index in [4.69, 9.17) is 9.47 Å². The first-order chi connectivity index (χ1) is 21.5. The number of hydrogen-bond donors (Lipinski definition) is 3. The van der Waals surface area contributed by atoms with Crippen molar-refractivity contribution in [2.45, 2.75) is 83.2 Å². The zero-order valence-electron chi connectivity index (χ0n) is 26.9. The predicted molar refractivity (Wildman–Crippen MR) is 170 cm³/mol. The molecule has 248 valence electrons. The van der Waals surface area contributed by atoms with Crippen LogP contribution < -0.4 is 20.2 Å². The average Bonchev–Trinajstić information content (AvgIpc) is 3.56. The molecular formula is C33H49N4O7S+. The summed E-state index contributed by atoms with van der Waals surface area (Å²) in [5.74, 6) is -0.840. The number of ether oxygens (including phenoxy) is 2. The Morgan fingerprint density at radius 3 is 2.40 bits per heavy atom. The maximum absolute atomic E-state index is 14.1. The Bertz CT molecular complexity index is 1400. The summed E-state index contributed by atoms with van der Waals surface area (Å²) < 4.78 is 38.3. The molecule has 45 heavy (non-hydrogen) atoms. The van der Waals surface area contributed by atoms with Gasteiger partial charge in [0, 0.05) is 23.3 Å². The van der Waals surface area contributed by atoms with Gasteiger partial charge >= 0.3 is 0 Å². The number of hydrogen-bond acceptors (Lipinski definition) is 8. The average molecular weight is 646 g/mol. The number of rotatable bonds is 15. The highest BCUT2D eigenvalue weighted by atomic mass is 32.2. The van der Waals surface area contributed by atoms with Gasteiger partial charge in [0.2, 0.25) is 0 Å². The van der Waals surface area contributed by atoms with Crippen molar-refractivity contribution < 1.29 is 37.6 Å². The van der Waals surface area contributed by atoms with Crippen LogP contribution in [-0.4, -0.2) is 79.5 Å². The molecule has 0 aliphatic carbocycles. The Morgan fingerprint density at radius 1 is 1.04 bits per heavy atom. The normalized spacial score (nSPS) is 19.6. The molecule has 0 radical (unpaired) electrons. The van der Waals surface area contributed by atoms with E-state index in [2.05, 4.69) is 10.7 Å². The van der Waals surface area contributed by atoms with Crippen molar-refractivity contribution in [3.05, 3.63) is 54.1 Å². The van der Waals surface area contributed by atoms with Gasteiger partial charge in [0.25, 0.3) is 11.8 Å². The van der Waals surface area contributed by atoms with E-state index in [9.17, 15) is 23.2 Å². The van der Waals surface area contributed by atoms with Gasteiger partial charge in [-0.15, -0.1) is 10.4 Å². The van der Waals surface area contributed by atoms with Gasteiger partial charge in [-0.05, 0) is 55.8 Å². The highest BCUT2D eigenvalue weighted by Gasteiger charge is 2.47. The van der Waals surface area contributed by atoms with Crippen molar-refractivity contribution in [3.63, 3.8) is 0 Å². The molecule has 12 heteroatoms. The summed E-state index contributed by atoms with van der Waals surface area (Å²) >= 11 is 0. The monoisotopic (exact) mass is 645 g/mol. The summed E-state index contributed by atoms with van der Waals surface area (Å²) in [4.78, 5) is 26.5. The molecule has 1 fully saturated rings. The van der Waals surface area contributed by atoms with Crippen LogP contribution in [0.5, 0.6) is 11.5 Å². The van der Waals surface area contributed by atoms with Gasteiger partial charge in [0.05, 0.1) is 22.7 Å². The molecular weight excluding hydrogens is 596 g/mol. The second-order valence-corrected chi connectivity index (χ2v) is 14.5. The molecule has 4 rings (SSSR count). The van der Waals surface area contributed by atoms with Crippen LogP contribution in [0.4, 0.5) is 0 Å². The first-order valence-corrected chi connectivity index (χ1v) is 17.8. The predicted octanol–water partition coefficient (Wildman–Crippen LogP) is 4.06. The van der Waals surface area contributed by atoms with Crippen molar-refractivity contribution in [1.82, 2.24) is 15.8 Å². The van der Waals surface area contributed by atoms with Crippen molar-refractivity contribution in [1.29, 1.82) is 0 Å². The summed E-state index contributed by atoms with van der Waals surface area (Å²) in [6.45, 7) is 8.79. The van der Waals surface area contributed by atoms with E-state index in [0.717, 1.165) is 18.4 Å². The van der Waals surface area contributed by atoms with Crippen molar-refractivity contribution >= 4 is 21.7 Å². The van der Waals surface area contributed by atoms with E-state index in [-0.39, 0.29) is 35.4 Å². The Hall–Kier alpha value is -3.19. The molecule has 2 heterocycles. The van der Waals surface area contributed by atoms with E-state index < -0.39 is 38.6 Å². The number of sulfone groups is 1. The van der Waals surface area contributed by atoms with Crippen LogP contribution in [0.1, 0.15) is 65.4 Å².